The summed E-state index contributed by atoms with van der Waals surface area (Å²) in [7, 11) is 1.81. The Kier molecular flexibility index (Phi) is 5.54. The molecule has 0 bridgehead atoms. The van der Waals surface area contributed by atoms with Gasteiger partial charge >= 0.3 is 0 Å². The Hall–Kier alpha value is -1.85. The van der Waals surface area contributed by atoms with E-state index < -0.39 is 0 Å². The minimum absolute atomic E-state index is 0.168. The first-order valence-electron chi connectivity index (χ1n) is 6.55. The van der Waals surface area contributed by atoms with Gasteiger partial charge < -0.3 is 16.0 Å². The largest absolute Gasteiger partial charge is 0.373 e. The van der Waals surface area contributed by atoms with Crippen molar-refractivity contribution in [3.8, 4) is 0 Å². The average molecular weight is 265 g/mol. The van der Waals surface area contributed by atoms with E-state index in [1.54, 1.807) is 0 Å². The third kappa shape index (κ3) is 4.73. The van der Waals surface area contributed by atoms with E-state index in [2.05, 4.69) is 29.1 Å². The lowest BCUT2D eigenvalue weighted by atomic mass is 10.2. The van der Waals surface area contributed by atoms with Crippen LogP contribution in [-0.2, 0) is 11.2 Å². The standard InChI is InChI=1S/C13H23N5O/c1-5-11-16-12(15-4)6-13(17-11)18(7-9(2)3)8-10(14)19/h6,9H,5,7-8H2,1-4H3,(H2,14,19)(H,15,16,17). The molecule has 1 rings (SSSR count). The summed E-state index contributed by atoms with van der Waals surface area (Å²) < 4.78 is 0. The molecule has 1 heterocycles. The van der Waals surface area contributed by atoms with E-state index in [-0.39, 0.29) is 12.5 Å². The summed E-state index contributed by atoms with van der Waals surface area (Å²) in [6.45, 7) is 7.08. The van der Waals surface area contributed by atoms with Crippen LogP contribution in [0.15, 0.2) is 6.07 Å². The van der Waals surface area contributed by atoms with Gasteiger partial charge in [0, 0.05) is 26.1 Å². The normalized spacial score (nSPS) is 10.6. The molecular formula is C13H23N5O. The summed E-state index contributed by atoms with van der Waals surface area (Å²) >= 11 is 0. The van der Waals surface area contributed by atoms with Crippen LogP contribution in [0.25, 0.3) is 0 Å². The van der Waals surface area contributed by atoms with E-state index >= 15 is 0 Å². The highest BCUT2D eigenvalue weighted by atomic mass is 16.1. The van der Waals surface area contributed by atoms with Gasteiger partial charge in [0.2, 0.25) is 5.91 Å². The van der Waals surface area contributed by atoms with Gasteiger partial charge in [0.25, 0.3) is 0 Å². The zero-order chi connectivity index (χ0) is 14.4. The number of carbonyl (C=O) groups excluding carboxylic acids is 1. The lowest BCUT2D eigenvalue weighted by molar-refractivity contribution is -0.116. The molecular weight excluding hydrogens is 242 g/mol. The zero-order valence-corrected chi connectivity index (χ0v) is 12.1. The number of hydrogen-bond donors (Lipinski definition) is 2. The van der Waals surface area contributed by atoms with E-state index in [0.29, 0.717) is 5.92 Å². The molecule has 0 aliphatic heterocycles. The van der Waals surface area contributed by atoms with Crippen molar-refractivity contribution >= 4 is 17.5 Å². The summed E-state index contributed by atoms with van der Waals surface area (Å²) in [6.07, 6.45) is 0.745. The van der Waals surface area contributed by atoms with Crippen LogP contribution in [0, 0.1) is 5.92 Å². The van der Waals surface area contributed by atoms with Gasteiger partial charge in [-0.15, -0.1) is 0 Å². The van der Waals surface area contributed by atoms with Crippen LogP contribution in [0.3, 0.4) is 0 Å². The minimum atomic E-state index is -0.358. The van der Waals surface area contributed by atoms with E-state index in [4.69, 9.17) is 5.73 Å². The highest BCUT2D eigenvalue weighted by Gasteiger charge is 2.14. The molecule has 0 saturated carbocycles. The van der Waals surface area contributed by atoms with E-state index in [1.165, 1.54) is 0 Å². The Balaban J connectivity index is 3.08. The maximum absolute atomic E-state index is 11.2. The van der Waals surface area contributed by atoms with Crippen LogP contribution in [-0.4, -0.2) is 36.0 Å². The molecule has 6 nitrogen and oxygen atoms in total. The summed E-state index contributed by atoms with van der Waals surface area (Å²) in [5, 5.41) is 3.01. The lowest BCUT2D eigenvalue weighted by Gasteiger charge is -2.24. The summed E-state index contributed by atoms with van der Waals surface area (Å²) in [6, 6.07) is 1.84. The van der Waals surface area contributed by atoms with Gasteiger partial charge in [-0.3, -0.25) is 4.79 Å². The van der Waals surface area contributed by atoms with Crippen LogP contribution in [0.4, 0.5) is 11.6 Å². The quantitative estimate of drug-likeness (QED) is 0.769. The van der Waals surface area contributed by atoms with Gasteiger partial charge in [-0.25, -0.2) is 9.97 Å². The number of aromatic nitrogens is 2. The third-order valence-corrected chi connectivity index (χ3v) is 2.59. The van der Waals surface area contributed by atoms with Crippen molar-refractivity contribution in [3.05, 3.63) is 11.9 Å². The minimum Gasteiger partial charge on any atom is -0.373 e. The van der Waals surface area contributed by atoms with Crippen LogP contribution in [0.1, 0.15) is 26.6 Å². The number of amides is 1. The molecule has 0 saturated heterocycles. The van der Waals surface area contributed by atoms with E-state index in [9.17, 15) is 4.79 Å². The number of nitrogens with two attached hydrogens (primary N) is 1. The summed E-state index contributed by atoms with van der Waals surface area (Å²) in [5.41, 5.74) is 5.31. The number of carbonyl (C=O) groups is 1. The number of nitrogens with zero attached hydrogens (tertiary/aromatic N) is 3. The molecule has 3 N–H and O–H groups in total. The number of hydrogen-bond acceptors (Lipinski definition) is 5. The second-order valence-electron chi connectivity index (χ2n) is 4.87. The molecule has 6 heteroatoms. The van der Waals surface area contributed by atoms with Crippen LogP contribution < -0.4 is 16.0 Å². The Morgan fingerprint density at radius 3 is 2.63 bits per heavy atom. The predicted octanol–water partition coefficient (Wildman–Crippen LogP) is 1.03. The van der Waals surface area contributed by atoms with Crippen LogP contribution in [0.5, 0.6) is 0 Å². The number of aryl methyl sites for hydroxylation is 1. The smallest absolute Gasteiger partial charge is 0.236 e. The number of rotatable bonds is 7. The lowest BCUT2D eigenvalue weighted by Crippen LogP contribution is -2.37. The van der Waals surface area contributed by atoms with Gasteiger partial charge in [-0.2, -0.15) is 0 Å². The summed E-state index contributed by atoms with van der Waals surface area (Å²) in [5.74, 6) is 2.30. The van der Waals surface area contributed by atoms with Crippen molar-refractivity contribution in [1.29, 1.82) is 0 Å². The second-order valence-corrected chi connectivity index (χ2v) is 4.87. The van der Waals surface area contributed by atoms with Crippen LogP contribution in [0.2, 0.25) is 0 Å². The maximum Gasteiger partial charge on any atom is 0.236 e. The van der Waals surface area contributed by atoms with Crippen molar-refractivity contribution in [2.24, 2.45) is 11.7 Å². The molecule has 0 fully saturated rings. The van der Waals surface area contributed by atoms with Gasteiger partial charge in [-0.05, 0) is 5.92 Å². The molecule has 0 aliphatic rings. The Morgan fingerprint density at radius 1 is 1.47 bits per heavy atom. The molecule has 0 unspecified atom stereocenters. The highest BCUT2D eigenvalue weighted by Crippen LogP contribution is 2.17. The van der Waals surface area contributed by atoms with Gasteiger partial charge in [-0.1, -0.05) is 20.8 Å². The Bertz CT molecular complexity index is 411. The molecule has 106 valence electrons. The molecule has 0 aliphatic carbocycles. The fraction of sp³-hybridized carbons (Fsp3) is 0.615. The van der Waals surface area contributed by atoms with E-state index in [1.807, 2.05) is 24.9 Å². The first kappa shape index (κ1) is 15.2. The highest BCUT2D eigenvalue weighted by molar-refractivity contribution is 5.79. The predicted molar refractivity (Wildman–Crippen MR) is 77.2 cm³/mol. The van der Waals surface area contributed by atoms with Crippen molar-refractivity contribution in [2.75, 3.05) is 30.4 Å². The summed E-state index contributed by atoms with van der Waals surface area (Å²) in [4.78, 5) is 21.9. The molecule has 1 aromatic heterocycles. The molecule has 1 aromatic rings. The SMILES string of the molecule is CCc1nc(NC)cc(N(CC(N)=O)CC(C)C)n1. The molecule has 1 amide bonds. The van der Waals surface area contributed by atoms with Gasteiger partial charge in [0.15, 0.2) is 0 Å². The van der Waals surface area contributed by atoms with Crippen molar-refractivity contribution in [3.63, 3.8) is 0 Å². The fourth-order valence-electron chi connectivity index (χ4n) is 1.80. The average Bonchev–Trinajstić information content (AvgIpc) is 2.36. The topological polar surface area (TPSA) is 84.1 Å². The van der Waals surface area contributed by atoms with Crippen LogP contribution >= 0.6 is 0 Å². The number of primary amides is 1. The first-order valence-corrected chi connectivity index (χ1v) is 6.55. The Labute approximate surface area is 114 Å². The third-order valence-electron chi connectivity index (χ3n) is 2.59. The van der Waals surface area contributed by atoms with Gasteiger partial charge in [0.05, 0.1) is 6.54 Å². The number of nitrogens with one attached hydrogen (secondary N) is 1. The zero-order valence-electron chi connectivity index (χ0n) is 12.1. The molecule has 0 aromatic carbocycles. The number of anilines is 2. The van der Waals surface area contributed by atoms with Gasteiger partial charge in [0.1, 0.15) is 17.5 Å². The van der Waals surface area contributed by atoms with Crippen molar-refractivity contribution < 1.29 is 4.79 Å². The monoisotopic (exact) mass is 265 g/mol. The fourth-order valence-corrected chi connectivity index (χ4v) is 1.80. The molecule has 0 radical (unpaired) electrons. The van der Waals surface area contributed by atoms with E-state index in [0.717, 1.165) is 30.4 Å². The van der Waals surface area contributed by atoms with Crippen molar-refractivity contribution in [2.45, 2.75) is 27.2 Å². The van der Waals surface area contributed by atoms with Crippen molar-refractivity contribution in [1.82, 2.24) is 9.97 Å². The first-order chi connectivity index (χ1) is 8.96. The molecule has 0 atom stereocenters. The Morgan fingerprint density at radius 2 is 2.16 bits per heavy atom. The maximum atomic E-state index is 11.2. The molecule has 0 spiro atoms. The molecule has 19 heavy (non-hydrogen) atoms. The second kappa shape index (κ2) is 6.92.